The van der Waals surface area contributed by atoms with Gasteiger partial charge in [0.25, 0.3) is 0 Å². The standard InChI is InChI=1S/C7H10N2O2S/c8-5(7(10)11)1-4-2-6(12)9-3-4/h2-3,5,9,12H,1,8H2,(H,10,11)/t5-/m0/s1. The Morgan fingerprint density at radius 3 is 2.92 bits per heavy atom. The highest BCUT2D eigenvalue weighted by atomic mass is 32.1. The van der Waals surface area contributed by atoms with Crippen LogP contribution in [0.4, 0.5) is 0 Å². The van der Waals surface area contributed by atoms with Crippen LogP contribution in [0.2, 0.25) is 0 Å². The molecule has 1 aromatic rings. The van der Waals surface area contributed by atoms with Gasteiger partial charge in [0.15, 0.2) is 0 Å². The van der Waals surface area contributed by atoms with Gasteiger partial charge in [-0.15, -0.1) is 12.6 Å². The van der Waals surface area contributed by atoms with Crippen molar-refractivity contribution in [3.63, 3.8) is 0 Å². The quantitative estimate of drug-likeness (QED) is 0.511. The van der Waals surface area contributed by atoms with E-state index in [0.717, 1.165) is 5.56 Å². The highest BCUT2D eigenvalue weighted by Crippen LogP contribution is 2.08. The van der Waals surface area contributed by atoms with Crippen LogP contribution in [0, 0.1) is 0 Å². The number of aromatic amines is 1. The summed E-state index contributed by atoms with van der Waals surface area (Å²) < 4.78 is 0. The Morgan fingerprint density at radius 1 is 1.83 bits per heavy atom. The number of hydrogen-bond donors (Lipinski definition) is 4. The van der Waals surface area contributed by atoms with E-state index in [1.165, 1.54) is 0 Å². The van der Waals surface area contributed by atoms with Crippen molar-refractivity contribution in [2.45, 2.75) is 17.5 Å². The molecule has 1 atom stereocenters. The fourth-order valence-corrected chi connectivity index (χ4v) is 1.12. The largest absolute Gasteiger partial charge is 0.480 e. The second-order valence-electron chi connectivity index (χ2n) is 2.54. The molecule has 0 spiro atoms. The number of hydrogen-bond acceptors (Lipinski definition) is 3. The van der Waals surface area contributed by atoms with Crippen molar-refractivity contribution in [1.82, 2.24) is 4.98 Å². The summed E-state index contributed by atoms with van der Waals surface area (Å²) in [6, 6.07) is 0.917. The molecular formula is C7H10N2O2S. The number of carboxylic acid groups (broad SMARTS) is 1. The molecule has 0 bridgehead atoms. The van der Waals surface area contributed by atoms with E-state index in [1.807, 2.05) is 0 Å². The van der Waals surface area contributed by atoms with Crippen molar-refractivity contribution < 1.29 is 9.90 Å². The number of H-pyrrole nitrogens is 1. The number of nitrogens with one attached hydrogen (secondary N) is 1. The van der Waals surface area contributed by atoms with Crippen molar-refractivity contribution in [3.8, 4) is 0 Å². The van der Waals surface area contributed by atoms with Crippen LogP contribution in [0.1, 0.15) is 5.56 Å². The van der Waals surface area contributed by atoms with Crippen LogP contribution in [0.3, 0.4) is 0 Å². The lowest BCUT2D eigenvalue weighted by atomic mass is 10.1. The number of nitrogens with two attached hydrogens (primary N) is 1. The molecule has 1 heterocycles. The Labute approximate surface area is 75.2 Å². The number of carbonyl (C=O) groups is 1. The molecule has 0 aliphatic rings. The molecule has 0 aliphatic carbocycles. The molecule has 1 aromatic heterocycles. The first-order valence-corrected chi connectivity index (χ1v) is 3.89. The van der Waals surface area contributed by atoms with E-state index in [0.29, 0.717) is 11.4 Å². The molecule has 0 fully saturated rings. The SMILES string of the molecule is N[C@@H](Cc1c[nH]c(S)c1)C(=O)O. The van der Waals surface area contributed by atoms with Crippen molar-refractivity contribution in [2.24, 2.45) is 5.73 Å². The summed E-state index contributed by atoms with van der Waals surface area (Å²) in [5, 5.41) is 9.21. The van der Waals surface area contributed by atoms with Crippen LogP contribution in [0.5, 0.6) is 0 Å². The molecule has 0 saturated carbocycles. The monoisotopic (exact) mass is 186 g/mol. The van der Waals surface area contributed by atoms with Crippen LogP contribution in [0.25, 0.3) is 0 Å². The summed E-state index contributed by atoms with van der Waals surface area (Å²) in [7, 11) is 0. The van der Waals surface area contributed by atoms with E-state index < -0.39 is 12.0 Å². The number of carboxylic acids is 1. The molecule has 5 heteroatoms. The third-order valence-corrected chi connectivity index (χ3v) is 1.76. The van der Waals surface area contributed by atoms with Gasteiger partial charge in [-0.1, -0.05) is 0 Å². The summed E-state index contributed by atoms with van der Waals surface area (Å²) >= 11 is 4.04. The molecule has 0 radical (unpaired) electrons. The molecule has 0 aromatic carbocycles. The molecule has 66 valence electrons. The Morgan fingerprint density at radius 2 is 2.50 bits per heavy atom. The molecular weight excluding hydrogens is 176 g/mol. The molecule has 0 amide bonds. The maximum atomic E-state index is 10.4. The molecule has 0 unspecified atom stereocenters. The number of aliphatic carboxylic acids is 1. The summed E-state index contributed by atoms with van der Waals surface area (Å²) in [5.41, 5.74) is 6.18. The predicted octanol–water partition coefficient (Wildman–Crippen LogP) is 0.258. The van der Waals surface area contributed by atoms with Gasteiger partial charge in [0.2, 0.25) is 0 Å². The van der Waals surface area contributed by atoms with E-state index in [-0.39, 0.29) is 0 Å². The second kappa shape index (κ2) is 3.64. The minimum atomic E-state index is -0.989. The van der Waals surface area contributed by atoms with Crippen LogP contribution >= 0.6 is 12.6 Å². The van der Waals surface area contributed by atoms with E-state index in [9.17, 15) is 4.79 Å². The minimum absolute atomic E-state index is 0.326. The van der Waals surface area contributed by atoms with E-state index in [1.54, 1.807) is 12.3 Å². The molecule has 12 heavy (non-hydrogen) atoms. The minimum Gasteiger partial charge on any atom is -0.480 e. The number of thiol groups is 1. The first kappa shape index (κ1) is 9.15. The number of aromatic nitrogens is 1. The Bertz CT molecular complexity index is 285. The Balaban J connectivity index is 2.58. The van der Waals surface area contributed by atoms with Gasteiger partial charge < -0.3 is 15.8 Å². The van der Waals surface area contributed by atoms with Crippen LogP contribution in [0.15, 0.2) is 17.3 Å². The van der Waals surface area contributed by atoms with Crippen molar-refractivity contribution >= 4 is 18.6 Å². The van der Waals surface area contributed by atoms with Crippen LogP contribution < -0.4 is 5.73 Å². The van der Waals surface area contributed by atoms with Gasteiger partial charge >= 0.3 is 5.97 Å². The van der Waals surface area contributed by atoms with E-state index >= 15 is 0 Å². The fourth-order valence-electron chi connectivity index (χ4n) is 0.885. The highest BCUT2D eigenvalue weighted by Gasteiger charge is 2.12. The Hall–Kier alpha value is -0.940. The fraction of sp³-hybridized carbons (Fsp3) is 0.286. The zero-order valence-corrected chi connectivity index (χ0v) is 7.21. The molecule has 0 aliphatic heterocycles. The maximum absolute atomic E-state index is 10.4. The average molecular weight is 186 g/mol. The van der Waals surface area contributed by atoms with Gasteiger partial charge in [-0.2, -0.15) is 0 Å². The summed E-state index contributed by atoms with van der Waals surface area (Å²) in [4.78, 5) is 13.2. The van der Waals surface area contributed by atoms with E-state index in [4.69, 9.17) is 10.8 Å². The van der Waals surface area contributed by atoms with Gasteiger partial charge in [-0.3, -0.25) is 4.79 Å². The first-order valence-electron chi connectivity index (χ1n) is 3.44. The lowest BCUT2D eigenvalue weighted by Crippen LogP contribution is -2.32. The molecule has 1 rings (SSSR count). The third-order valence-electron chi connectivity index (χ3n) is 1.50. The average Bonchev–Trinajstić information content (AvgIpc) is 2.35. The molecule has 4 nitrogen and oxygen atoms in total. The maximum Gasteiger partial charge on any atom is 0.320 e. The van der Waals surface area contributed by atoms with Gasteiger partial charge in [-0.05, 0) is 18.1 Å². The highest BCUT2D eigenvalue weighted by molar-refractivity contribution is 7.80. The van der Waals surface area contributed by atoms with Gasteiger partial charge in [0.1, 0.15) is 6.04 Å². The zero-order valence-electron chi connectivity index (χ0n) is 6.32. The smallest absolute Gasteiger partial charge is 0.320 e. The predicted molar refractivity (Wildman–Crippen MR) is 47.4 cm³/mol. The van der Waals surface area contributed by atoms with E-state index in [2.05, 4.69) is 17.6 Å². The third kappa shape index (κ3) is 2.28. The van der Waals surface area contributed by atoms with Crippen molar-refractivity contribution in [2.75, 3.05) is 0 Å². The van der Waals surface area contributed by atoms with Crippen LogP contribution in [-0.2, 0) is 11.2 Å². The number of rotatable bonds is 3. The van der Waals surface area contributed by atoms with Gasteiger partial charge in [0.05, 0.1) is 5.03 Å². The summed E-state index contributed by atoms with van der Waals surface area (Å²) in [6.45, 7) is 0. The van der Waals surface area contributed by atoms with Gasteiger partial charge in [0, 0.05) is 6.20 Å². The topological polar surface area (TPSA) is 79.1 Å². The summed E-state index contributed by atoms with van der Waals surface area (Å²) in [5.74, 6) is -0.989. The van der Waals surface area contributed by atoms with Gasteiger partial charge in [-0.25, -0.2) is 0 Å². The lowest BCUT2D eigenvalue weighted by Gasteiger charge is -2.02. The lowest BCUT2D eigenvalue weighted by molar-refractivity contribution is -0.138. The first-order chi connectivity index (χ1) is 5.59. The normalized spacial score (nSPS) is 12.8. The van der Waals surface area contributed by atoms with Crippen molar-refractivity contribution in [3.05, 3.63) is 17.8 Å². The molecule has 0 saturated heterocycles. The summed E-state index contributed by atoms with van der Waals surface area (Å²) in [6.07, 6.45) is 2.03. The van der Waals surface area contributed by atoms with Crippen LogP contribution in [-0.4, -0.2) is 22.1 Å². The Kier molecular flexibility index (Phi) is 2.78. The van der Waals surface area contributed by atoms with Crippen molar-refractivity contribution in [1.29, 1.82) is 0 Å². The zero-order chi connectivity index (χ0) is 9.14. The molecule has 4 N–H and O–H groups in total. The second-order valence-corrected chi connectivity index (χ2v) is 3.02.